The molecule has 0 spiro atoms. The van der Waals surface area contributed by atoms with Crippen LogP contribution in [-0.2, 0) is 17.1 Å². The van der Waals surface area contributed by atoms with E-state index < -0.39 is 10.0 Å². The van der Waals surface area contributed by atoms with E-state index in [-0.39, 0.29) is 22.9 Å². The largest absolute Gasteiger partial charge is 0.493 e. The number of rotatable bonds is 5. The molecule has 5 rings (SSSR count). The van der Waals surface area contributed by atoms with Crippen molar-refractivity contribution in [1.29, 1.82) is 0 Å². The Labute approximate surface area is 187 Å². The Hall–Kier alpha value is -2.98. The van der Waals surface area contributed by atoms with Crippen LogP contribution in [-0.4, -0.2) is 52.0 Å². The fraction of sp³-hybridized carbons (Fsp3) is 0.409. The monoisotopic (exact) mass is 455 g/mol. The molecule has 3 aromatic rings. The minimum atomic E-state index is -3.81. The van der Waals surface area contributed by atoms with Crippen LogP contribution < -0.4 is 9.47 Å². The summed E-state index contributed by atoms with van der Waals surface area (Å²) in [5.74, 6) is 2.35. The van der Waals surface area contributed by atoms with Gasteiger partial charge in [0.15, 0.2) is 5.03 Å². The van der Waals surface area contributed by atoms with Gasteiger partial charge in [-0.3, -0.25) is 0 Å². The Morgan fingerprint density at radius 2 is 2.00 bits per heavy atom. The molecule has 3 atom stereocenters. The lowest BCUT2D eigenvalue weighted by Gasteiger charge is -2.33. The highest BCUT2D eigenvalue weighted by atomic mass is 32.2. The molecule has 2 aromatic heterocycles. The summed E-state index contributed by atoms with van der Waals surface area (Å²) in [6, 6.07) is 9.00. The third-order valence-corrected chi connectivity index (χ3v) is 7.98. The summed E-state index contributed by atoms with van der Waals surface area (Å²) in [5.41, 5.74) is 0.875. The maximum Gasteiger partial charge on any atom is 0.262 e. The number of ether oxygens (including phenoxy) is 2. The predicted octanol–water partition coefficient (Wildman–Crippen LogP) is 2.28. The second-order valence-electron chi connectivity index (χ2n) is 8.28. The van der Waals surface area contributed by atoms with Gasteiger partial charge in [-0.25, -0.2) is 18.4 Å². The fourth-order valence-electron chi connectivity index (χ4n) is 4.51. The van der Waals surface area contributed by atoms with Crippen LogP contribution in [0.15, 0.2) is 47.8 Å². The molecule has 0 radical (unpaired) electrons. The average Bonchev–Trinajstić information content (AvgIpc) is 3.33. The molecular formula is C22H25N5O4S. The van der Waals surface area contributed by atoms with Gasteiger partial charge in [-0.2, -0.15) is 9.29 Å². The first kappa shape index (κ1) is 20.9. The molecule has 0 unspecified atom stereocenters. The smallest absolute Gasteiger partial charge is 0.262 e. The van der Waals surface area contributed by atoms with E-state index in [1.165, 1.54) is 0 Å². The van der Waals surface area contributed by atoms with Crippen LogP contribution in [0.2, 0.25) is 0 Å². The molecule has 0 aliphatic carbocycles. The zero-order chi connectivity index (χ0) is 22.5. The van der Waals surface area contributed by atoms with Crippen LogP contribution in [0.4, 0.5) is 0 Å². The van der Waals surface area contributed by atoms with Crippen molar-refractivity contribution in [3.63, 3.8) is 0 Å². The molecule has 168 valence electrons. The van der Waals surface area contributed by atoms with Gasteiger partial charge in [0.2, 0.25) is 5.88 Å². The molecule has 1 saturated heterocycles. The van der Waals surface area contributed by atoms with E-state index in [0.29, 0.717) is 37.3 Å². The Kier molecular flexibility index (Phi) is 5.13. The summed E-state index contributed by atoms with van der Waals surface area (Å²) in [4.78, 5) is 12.7. The quantitative estimate of drug-likeness (QED) is 0.582. The van der Waals surface area contributed by atoms with Gasteiger partial charge < -0.3 is 14.0 Å². The van der Waals surface area contributed by atoms with E-state index in [2.05, 4.69) is 15.0 Å². The van der Waals surface area contributed by atoms with Gasteiger partial charge in [0.25, 0.3) is 10.0 Å². The van der Waals surface area contributed by atoms with Crippen molar-refractivity contribution >= 4 is 10.0 Å². The second kappa shape index (κ2) is 7.86. The third kappa shape index (κ3) is 3.53. The van der Waals surface area contributed by atoms with Crippen molar-refractivity contribution in [2.45, 2.75) is 24.9 Å². The first-order valence-corrected chi connectivity index (χ1v) is 11.9. The summed E-state index contributed by atoms with van der Waals surface area (Å²) in [6.07, 6.45) is 3.22. The standard InChI is InChI=1S/C22H25N5O4S/c1-14-23-9-8-20(24-14)31-12-16-10-27(32(28,29)21-11-26(3)15(2)25-21)22-17-6-4-5-7-19(17)30-13-18(16)22/h4-9,11,16,18,22H,10,12-13H2,1-3H3/t16-,18-,22-/m0/s1. The van der Waals surface area contributed by atoms with Crippen LogP contribution in [0, 0.1) is 25.7 Å². The van der Waals surface area contributed by atoms with Crippen LogP contribution in [0.1, 0.15) is 23.3 Å². The zero-order valence-corrected chi connectivity index (χ0v) is 19.0. The van der Waals surface area contributed by atoms with Gasteiger partial charge in [0.1, 0.15) is 17.4 Å². The van der Waals surface area contributed by atoms with Crippen molar-refractivity contribution < 1.29 is 17.9 Å². The number of aryl methyl sites for hydroxylation is 3. The summed E-state index contributed by atoms with van der Waals surface area (Å²) < 4.78 is 42.6. The molecule has 0 bridgehead atoms. The molecule has 32 heavy (non-hydrogen) atoms. The molecular weight excluding hydrogens is 430 g/mol. The maximum atomic E-state index is 13.7. The molecule has 2 aliphatic rings. The highest BCUT2D eigenvalue weighted by Gasteiger charge is 2.51. The zero-order valence-electron chi connectivity index (χ0n) is 18.2. The van der Waals surface area contributed by atoms with Crippen LogP contribution >= 0.6 is 0 Å². The summed E-state index contributed by atoms with van der Waals surface area (Å²) in [6.45, 7) is 4.65. The lowest BCUT2D eigenvalue weighted by Crippen LogP contribution is -2.35. The van der Waals surface area contributed by atoms with Gasteiger partial charge in [0, 0.05) is 49.5 Å². The van der Waals surface area contributed by atoms with E-state index in [4.69, 9.17) is 9.47 Å². The van der Waals surface area contributed by atoms with Crippen LogP contribution in [0.5, 0.6) is 11.6 Å². The normalized spacial score (nSPS) is 22.8. The topological polar surface area (TPSA) is 99.4 Å². The highest BCUT2D eigenvalue weighted by Crippen LogP contribution is 2.49. The number of fused-ring (bicyclic) bond motifs is 3. The molecule has 0 N–H and O–H groups in total. The number of benzene rings is 1. The third-order valence-electron chi connectivity index (χ3n) is 6.26. The minimum Gasteiger partial charge on any atom is -0.493 e. The first-order valence-electron chi connectivity index (χ1n) is 10.5. The lowest BCUT2D eigenvalue weighted by molar-refractivity contribution is 0.134. The minimum absolute atomic E-state index is 0.0487. The SMILES string of the molecule is Cc1nccc(OC[C@@H]2CN(S(=O)(=O)c3cn(C)c(C)n3)[C@H]3c4ccccc4OC[C@@H]23)n1. The molecule has 0 saturated carbocycles. The molecule has 9 nitrogen and oxygen atoms in total. The summed E-state index contributed by atoms with van der Waals surface area (Å²) in [7, 11) is -2.02. The van der Waals surface area contributed by atoms with Crippen LogP contribution in [0.25, 0.3) is 0 Å². The summed E-state index contributed by atoms with van der Waals surface area (Å²) in [5, 5.41) is 0.0632. The van der Waals surface area contributed by atoms with Crippen molar-refractivity contribution in [3.05, 3.63) is 59.9 Å². The van der Waals surface area contributed by atoms with Crippen molar-refractivity contribution in [2.24, 2.45) is 18.9 Å². The van der Waals surface area contributed by atoms with Crippen molar-refractivity contribution in [3.8, 4) is 11.6 Å². The Morgan fingerprint density at radius 3 is 2.75 bits per heavy atom. The van der Waals surface area contributed by atoms with E-state index >= 15 is 0 Å². The van der Waals surface area contributed by atoms with E-state index in [9.17, 15) is 8.42 Å². The molecule has 4 heterocycles. The van der Waals surface area contributed by atoms with Crippen molar-refractivity contribution in [2.75, 3.05) is 19.8 Å². The van der Waals surface area contributed by atoms with Gasteiger partial charge in [-0.1, -0.05) is 18.2 Å². The number of hydrogen-bond acceptors (Lipinski definition) is 7. The van der Waals surface area contributed by atoms with Gasteiger partial charge in [0.05, 0.1) is 19.3 Å². The lowest BCUT2D eigenvalue weighted by atomic mass is 9.86. The number of para-hydroxylation sites is 1. The first-order chi connectivity index (χ1) is 15.3. The van der Waals surface area contributed by atoms with E-state index in [1.807, 2.05) is 24.3 Å². The Balaban J connectivity index is 1.50. The van der Waals surface area contributed by atoms with Gasteiger partial charge in [-0.05, 0) is 19.9 Å². The average molecular weight is 456 g/mol. The Morgan fingerprint density at radius 1 is 1.19 bits per heavy atom. The maximum absolute atomic E-state index is 13.7. The number of aromatic nitrogens is 4. The molecule has 1 fully saturated rings. The molecule has 2 aliphatic heterocycles. The summed E-state index contributed by atoms with van der Waals surface area (Å²) >= 11 is 0. The van der Waals surface area contributed by atoms with Crippen LogP contribution in [0.3, 0.4) is 0 Å². The number of sulfonamides is 1. The van der Waals surface area contributed by atoms with Crippen molar-refractivity contribution in [1.82, 2.24) is 23.8 Å². The van der Waals surface area contributed by atoms with Gasteiger partial charge >= 0.3 is 0 Å². The Bertz CT molecular complexity index is 1240. The molecule has 0 amide bonds. The predicted molar refractivity (Wildman–Crippen MR) is 116 cm³/mol. The second-order valence-corrected chi connectivity index (χ2v) is 10.1. The molecule has 10 heteroatoms. The van der Waals surface area contributed by atoms with Gasteiger partial charge in [-0.15, -0.1) is 0 Å². The fourth-order valence-corrected chi connectivity index (χ4v) is 6.24. The highest BCUT2D eigenvalue weighted by molar-refractivity contribution is 7.89. The number of hydrogen-bond donors (Lipinski definition) is 0. The number of nitrogens with zero attached hydrogens (tertiary/aromatic N) is 5. The number of imidazole rings is 1. The van der Waals surface area contributed by atoms with E-state index in [0.717, 1.165) is 11.3 Å². The molecule has 1 aromatic carbocycles. The van der Waals surface area contributed by atoms with E-state index in [1.54, 1.807) is 48.2 Å².